The zero-order valence-electron chi connectivity index (χ0n) is 9.80. The molecule has 0 saturated carbocycles. The van der Waals surface area contributed by atoms with Crippen LogP contribution in [0, 0.1) is 5.92 Å². The van der Waals surface area contributed by atoms with Crippen molar-refractivity contribution < 1.29 is 19.1 Å². The molecule has 0 radical (unpaired) electrons. The van der Waals surface area contributed by atoms with Crippen molar-refractivity contribution in [2.45, 2.75) is 34.1 Å². The molecule has 1 amide bonds. The Labute approximate surface area is 92.1 Å². The normalized spacial score (nSPS) is 9.27. The van der Waals surface area contributed by atoms with Gasteiger partial charge in [-0.05, 0) is 19.8 Å². The fourth-order valence-electron chi connectivity index (χ4n) is 1.05. The Balaban J connectivity index is 0. The van der Waals surface area contributed by atoms with Crippen LogP contribution in [-0.2, 0) is 9.36 Å². The summed E-state index contributed by atoms with van der Waals surface area (Å²) in [5.41, 5.74) is 0. The molecule has 0 saturated heterocycles. The van der Waals surface area contributed by atoms with Gasteiger partial charge in [0.1, 0.15) is 0 Å². The van der Waals surface area contributed by atoms with Crippen LogP contribution in [0.3, 0.4) is 0 Å². The van der Waals surface area contributed by atoms with E-state index < -0.39 is 8.25 Å². The highest BCUT2D eigenvalue weighted by molar-refractivity contribution is 7.30. The first-order chi connectivity index (χ1) is 6.84. The molecule has 0 bridgehead atoms. The first kappa shape index (κ1) is 16.9. The second kappa shape index (κ2) is 10.0. The molecule has 0 fully saturated rings. The zero-order chi connectivity index (χ0) is 12.4. The van der Waals surface area contributed by atoms with E-state index in [0.29, 0.717) is 12.3 Å². The standard InChI is InChI=1S/C9H19NO.HO3P/c1-5-10(6-2)9(11)7-8(3)4;1-4(2)3/h8H,5-7H2,1-4H3;(H-,1,2,3)/p+1. The van der Waals surface area contributed by atoms with E-state index in [0.717, 1.165) is 13.1 Å². The Morgan fingerprint density at radius 2 is 1.60 bits per heavy atom. The van der Waals surface area contributed by atoms with Gasteiger partial charge in [0.05, 0.1) is 0 Å². The van der Waals surface area contributed by atoms with Crippen LogP contribution < -0.4 is 0 Å². The SMILES string of the molecule is CCN(CC)C(=O)CC(C)C.O=[P+](O)O. The molecule has 0 aliphatic rings. The Morgan fingerprint density at radius 3 is 1.80 bits per heavy atom. The highest BCUT2D eigenvalue weighted by atomic mass is 31.1. The van der Waals surface area contributed by atoms with Crippen molar-refractivity contribution in [1.82, 2.24) is 4.90 Å². The quantitative estimate of drug-likeness (QED) is 0.728. The highest BCUT2D eigenvalue weighted by Crippen LogP contribution is 2.03. The maximum atomic E-state index is 11.3. The molecule has 0 unspecified atom stereocenters. The lowest BCUT2D eigenvalue weighted by Crippen LogP contribution is -2.31. The number of rotatable bonds is 4. The number of carbonyl (C=O) groups excluding carboxylic acids is 1. The summed E-state index contributed by atoms with van der Waals surface area (Å²) in [5.74, 6) is 0.758. The molecule has 0 aromatic rings. The van der Waals surface area contributed by atoms with Gasteiger partial charge in [-0.1, -0.05) is 13.8 Å². The summed E-state index contributed by atoms with van der Waals surface area (Å²) in [7, 11) is -2.87. The molecule has 0 aliphatic carbocycles. The van der Waals surface area contributed by atoms with E-state index in [4.69, 9.17) is 14.4 Å². The topological polar surface area (TPSA) is 77.8 Å². The van der Waals surface area contributed by atoms with Gasteiger partial charge in [-0.2, -0.15) is 0 Å². The summed E-state index contributed by atoms with van der Waals surface area (Å²) < 4.78 is 8.70. The van der Waals surface area contributed by atoms with Gasteiger partial charge in [0.2, 0.25) is 5.91 Å². The molecule has 2 N–H and O–H groups in total. The van der Waals surface area contributed by atoms with Crippen molar-refractivity contribution in [2.24, 2.45) is 5.92 Å². The summed E-state index contributed by atoms with van der Waals surface area (Å²) in [5, 5.41) is 0. The third-order valence-corrected chi connectivity index (χ3v) is 1.70. The summed E-state index contributed by atoms with van der Waals surface area (Å²) in [6.45, 7) is 9.84. The summed E-state index contributed by atoms with van der Waals surface area (Å²) in [6.07, 6.45) is 0.682. The largest absolute Gasteiger partial charge is 0.692 e. The third-order valence-electron chi connectivity index (χ3n) is 1.70. The highest BCUT2D eigenvalue weighted by Gasteiger charge is 2.10. The van der Waals surface area contributed by atoms with E-state index in [9.17, 15) is 4.79 Å². The van der Waals surface area contributed by atoms with Crippen molar-refractivity contribution in [3.63, 3.8) is 0 Å². The zero-order valence-corrected chi connectivity index (χ0v) is 10.7. The van der Waals surface area contributed by atoms with Crippen LogP contribution in [0.2, 0.25) is 0 Å². The van der Waals surface area contributed by atoms with E-state index >= 15 is 0 Å². The van der Waals surface area contributed by atoms with Crippen molar-refractivity contribution >= 4 is 14.2 Å². The Morgan fingerprint density at radius 1 is 1.27 bits per heavy atom. The van der Waals surface area contributed by atoms with Crippen molar-refractivity contribution in [2.75, 3.05) is 13.1 Å². The average Bonchev–Trinajstić information content (AvgIpc) is 2.03. The molecule has 6 heteroatoms. The van der Waals surface area contributed by atoms with Crippen LogP contribution >= 0.6 is 8.25 Å². The second-order valence-corrected chi connectivity index (χ2v) is 3.92. The minimum Gasteiger partial charge on any atom is -0.343 e. The van der Waals surface area contributed by atoms with Crippen molar-refractivity contribution in [1.29, 1.82) is 0 Å². The summed E-state index contributed by atoms with van der Waals surface area (Å²) in [6, 6.07) is 0. The Hall–Kier alpha value is -0.510. The van der Waals surface area contributed by atoms with E-state index in [1.807, 2.05) is 18.7 Å². The van der Waals surface area contributed by atoms with Crippen molar-refractivity contribution in [3.8, 4) is 0 Å². The van der Waals surface area contributed by atoms with Gasteiger partial charge in [-0.3, -0.25) is 4.79 Å². The minimum atomic E-state index is -2.87. The number of nitrogens with zero attached hydrogens (tertiary/aromatic N) is 1. The van der Waals surface area contributed by atoms with Crippen molar-refractivity contribution in [3.05, 3.63) is 0 Å². The van der Waals surface area contributed by atoms with Crippen LogP contribution in [-0.4, -0.2) is 33.7 Å². The number of amides is 1. The maximum absolute atomic E-state index is 11.3. The van der Waals surface area contributed by atoms with Gasteiger partial charge in [0.25, 0.3) is 0 Å². The number of carbonyl (C=O) groups is 1. The lowest BCUT2D eigenvalue weighted by molar-refractivity contribution is -0.131. The molecule has 90 valence electrons. The van der Waals surface area contributed by atoms with Gasteiger partial charge in [-0.15, -0.1) is 9.79 Å². The molecule has 0 atom stereocenters. The molecule has 0 rings (SSSR count). The predicted octanol–water partition coefficient (Wildman–Crippen LogP) is 1.53. The summed E-state index contributed by atoms with van der Waals surface area (Å²) >= 11 is 0. The van der Waals surface area contributed by atoms with Gasteiger partial charge in [0, 0.05) is 24.1 Å². The van der Waals surface area contributed by atoms with E-state index in [2.05, 4.69) is 13.8 Å². The number of hydrogen-bond acceptors (Lipinski definition) is 2. The minimum absolute atomic E-state index is 0.282. The molecule has 0 aliphatic heterocycles. The molecule has 0 aromatic carbocycles. The molecule has 0 spiro atoms. The third kappa shape index (κ3) is 13.5. The summed E-state index contributed by atoms with van der Waals surface area (Å²) in [4.78, 5) is 27.5. The Bertz CT molecular complexity index is 189. The van der Waals surface area contributed by atoms with Crippen LogP contribution in [0.25, 0.3) is 0 Å². The van der Waals surface area contributed by atoms with Crippen LogP contribution in [0.5, 0.6) is 0 Å². The van der Waals surface area contributed by atoms with Gasteiger partial charge < -0.3 is 4.90 Å². The predicted molar refractivity (Wildman–Crippen MR) is 59.4 cm³/mol. The molecule has 15 heavy (non-hydrogen) atoms. The molecule has 0 aromatic heterocycles. The van der Waals surface area contributed by atoms with Crippen LogP contribution in [0.15, 0.2) is 0 Å². The van der Waals surface area contributed by atoms with Gasteiger partial charge >= 0.3 is 8.25 Å². The first-order valence-electron chi connectivity index (χ1n) is 4.97. The van der Waals surface area contributed by atoms with E-state index in [1.165, 1.54) is 0 Å². The van der Waals surface area contributed by atoms with Gasteiger partial charge in [0.15, 0.2) is 0 Å². The molecular formula is C9H21NO4P+. The monoisotopic (exact) mass is 238 g/mol. The smallest absolute Gasteiger partial charge is 0.343 e. The molecule has 5 nitrogen and oxygen atoms in total. The van der Waals surface area contributed by atoms with Crippen LogP contribution in [0.4, 0.5) is 0 Å². The lowest BCUT2D eigenvalue weighted by atomic mass is 10.1. The average molecular weight is 238 g/mol. The van der Waals surface area contributed by atoms with Gasteiger partial charge in [-0.25, -0.2) is 0 Å². The molecule has 0 heterocycles. The number of hydrogen-bond donors (Lipinski definition) is 2. The lowest BCUT2D eigenvalue weighted by Gasteiger charge is -2.19. The fourth-order valence-corrected chi connectivity index (χ4v) is 1.05. The van der Waals surface area contributed by atoms with Crippen LogP contribution in [0.1, 0.15) is 34.1 Å². The van der Waals surface area contributed by atoms with E-state index in [1.54, 1.807) is 0 Å². The first-order valence-corrected chi connectivity index (χ1v) is 6.14. The van der Waals surface area contributed by atoms with E-state index in [-0.39, 0.29) is 5.91 Å². The molecular weight excluding hydrogens is 217 g/mol. The fraction of sp³-hybridized carbons (Fsp3) is 0.889. The maximum Gasteiger partial charge on any atom is 0.692 e. The second-order valence-electron chi connectivity index (χ2n) is 3.42. The Kier molecular flexibility index (Phi) is 11.3.